The summed E-state index contributed by atoms with van der Waals surface area (Å²) in [5, 5.41) is 0. The van der Waals surface area contributed by atoms with Crippen molar-refractivity contribution in [2.75, 3.05) is 13.2 Å². The standard InChI is InChI=1S/C57H92O6/c1-4-7-10-13-16-19-22-25-26-27-28-29-30-33-35-38-41-44-47-50-56(59)62-53-54(63-57(60)51-48-45-42-39-36-32-24-21-18-15-12-9-6-3)52-61-55(58)49-46-43-40-37-34-31-23-20-17-14-11-8-5-2/h7,9-10,12,15-16,18-19,21,24-26,31-32,34,36,39,42,54H,4-6,8,11,13-14,17,20,22-23,27-30,33,35,37-38,40-41,43-53H2,1-3H3/b10-7+,12-9+,18-15+,19-16+,24-21+,26-25+,34-31+,36-32+,42-39+. The van der Waals surface area contributed by atoms with Crippen LogP contribution in [0.4, 0.5) is 0 Å². The fourth-order valence-electron chi connectivity index (χ4n) is 6.60. The van der Waals surface area contributed by atoms with Crippen LogP contribution in [0.15, 0.2) is 109 Å². The van der Waals surface area contributed by atoms with Crippen LogP contribution in [-0.2, 0) is 28.6 Å². The van der Waals surface area contributed by atoms with Gasteiger partial charge in [0.2, 0.25) is 0 Å². The van der Waals surface area contributed by atoms with Crippen molar-refractivity contribution in [3.05, 3.63) is 109 Å². The molecule has 0 aromatic carbocycles. The molecule has 1 unspecified atom stereocenters. The van der Waals surface area contributed by atoms with Crippen molar-refractivity contribution in [3.63, 3.8) is 0 Å². The lowest BCUT2D eigenvalue weighted by Crippen LogP contribution is -2.30. The molecule has 0 aliphatic carbocycles. The highest BCUT2D eigenvalue weighted by atomic mass is 16.6. The number of hydrogen-bond donors (Lipinski definition) is 0. The zero-order chi connectivity index (χ0) is 45.8. The van der Waals surface area contributed by atoms with Crippen LogP contribution in [0.3, 0.4) is 0 Å². The van der Waals surface area contributed by atoms with Gasteiger partial charge < -0.3 is 14.2 Å². The molecule has 0 fully saturated rings. The quantitative estimate of drug-likeness (QED) is 0.0199. The second kappa shape index (κ2) is 50.7. The number of carbonyl (C=O) groups is 3. The molecular formula is C57H92O6. The molecule has 1 atom stereocenters. The minimum Gasteiger partial charge on any atom is -0.462 e. The van der Waals surface area contributed by atoms with Gasteiger partial charge in [0.15, 0.2) is 6.10 Å². The minimum absolute atomic E-state index is 0.116. The minimum atomic E-state index is -0.824. The van der Waals surface area contributed by atoms with Crippen molar-refractivity contribution in [3.8, 4) is 0 Å². The summed E-state index contributed by atoms with van der Waals surface area (Å²) in [6.07, 6.45) is 68.0. The third kappa shape index (κ3) is 49.0. The van der Waals surface area contributed by atoms with Crippen molar-refractivity contribution in [2.45, 2.75) is 219 Å². The fraction of sp³-hybridized carbons (Fsp3) is 0.632. The molecule has 0 aliphatic heterocycles. The predicted octanol–water partition coefficient (Wildman–Crippen LogP) is 16.8. The number of carbonyl (C=O) groups excluding carboxylic acids is 3. The first-order chi connectivity index (χ1) is 31.0. The molecule has 6 nitrogen and oxygen atoms in total. The Kier molecular flexibility index (Phi) is 47.5. The van der Waals surface area contributed by atoms with Crippen molar-refractivity contribution < 1.29 is 28.6 Å². The Hall–Kier alpha value is -3.93. The van der Waals surface area contributed by atoms with Crippen LogP contribution >= 0.6 is 0 Å². The van der Waals surface area contributed by atoms with E-state index in [0.29, 0.717) is 19.3 Å². The average molecular weight is 873 g/mol. The second-order valence-electron chi connectivity index (χ2n) is 16.4. The van der Waals surface area contributed by atoms with Gasteiger partial charge in [-0.25, -0.2) is 0 Å². The molecule has 0 saturated heterocycles. The third-order valence-corrected chi connectivity index (χ3v) is 10.4. The van der Waals surface area contributed by atoms with Crippen LogP contribution in [0.5, 0.6) is 0 Å². The van der Waals surface area contributed by atoms with Crippen molar-refractivity contribution in [1.29, 1.82) is 0 Å². The molecule has 356 valence electrons. The summed E-state index contributed by atoms with van der Waals surface area (Å²) in [6.45, 7) is 6.28. The van der Waals surface area contributed by atoms with E-state index in [9.17, 15) is 14.4 Å². The molecule has 0 spiro atoms. The largest absolute Gasteiger partial charge is 0.462 e. The lowest BCUT2D eigenvalue weighted by molar-refractivity contribution is -0.167. The highest BCUT2D eigenvalue weighted by molar-refractivity contribution is 5.71. The van der Waals surface area contributed by atoms with Gasteiger partial charge >= 0.3 is 17.9 Å². The topological polar surface area (TPSA) is 78.9 Å². The molecule has 0 bridgehead atoms. The SMILES string of the molecule is CC/C=C/C=C/C=C/C=C/C=C/CCCC(=O)OC(COC(=O)CCCCC/C=C/CCCCCCCC)COC(=O)CCCCCCCCCCC/C=C/C/C=C/C/C=C/CC. The first-order valence-corrected chi connectivity index (χ1v) is 25.5. The first-order valence-electron chi connectivity index (χ1n) is 25.5. The fourth-order valence-corrected chi connectivity index (χ4v) is 6.60. The van der Waals surface area contributed by atoms with Gasteiger partial charge in [-0.2, -0.15) is 0 Å². The Bertz CT molecular complexity index is 1330. The molecule has 0 aromatic rings. The van der Waals surface area contributed by atoms with Gasteiger partial charge in [-0.3, -0.25) is 14.4 Å². The molecule has 0 aliphatic rings. The molecule has 0 rings (SSSR count). The molecule has 0 radical (unpaired) electrons. The zero-order valence-corrected chi connectivity index (χ0v) is 40.5. The van der Waals surface area contributed by atoms with E-state index in [0.717, 1.165) is 89.9 Å². The van der Waals surface area contributed by atoms with Gasteiger partial charge in [0, 0.05) is 19.3 Å². The maximum absolute atomic E-state index is 12.7. The Morgan fingerprint density at radius 3 is 1.22 bits per heavy atom. The molecule has 0 aromatic heterocycles. The number of rotatable bonds is 44. The van der Waals surface area contributed by atoms with Gasteiger partial charge in [0.05, 0.1) is 0 Å². The summed E-state index contributed by atoms with van der Waals surface area (Å²) in [7, 11) is 0. The van der Waals surface area contributed by atoms with E-state index in [1.165, 1.54) is 77.0 Å². The van der Waals surface area contributed by atoms with Crippen LogP contribution in [0.25, 0.3) is 0 Å². The normalized spacial score (nSPS) is 13.0. The highest BCUT2D eigenvalue weighted by Crippen LogP contribution is 2.13. The smallest absolute Gasteiger partial charge is 0.306 e. The maximum atomic E-state index is 12.7. The van der Waals surface area contributed by atoms with E-state index in [1.54, 1.807) is 0 Å². The van der Waals surface area contributed by atoms with Crippen LogP contribution < -0.4 is 0 Å². The van der Waals surface area contributed by atoms with E-state index in [1.807, 2.05) is 54.7 Å². The van der Waals surface area contributed by atoms with Crippen LogP contribution in [-0.4, -0.2) is 37.2 Å². The summed E-state index contributed by atoms with van der Waals surface area (Å²) >= 11 is 0. The average Bonchev–Trinajstić information content (AvgIpc) is 3.28. The van der Waals surface area contributed by atoms with E-state index in [4.69, 9.17) is 14.2 Å². The maximum Gasteiger partial charge on any atom is 0.306 e. The predicted molar refractivity (Wildman–Crippen MR) is 270 cm³/mol. The van der Waals surface area contributed by atoms with Gasteiger partial charge in [0.25, 0.3) is 0 Å². The van der Waals surface area contributed by atoms with Gasteiger partial charge in [-0.15, -0.1) is 0 Å². The summed E-state index contributed by atoms with van der Waals surface area (Å²) < 4.78 is 16.7. The summed E-state index contributed by atoms with van der Waals surface area (Å²) in [5.41, 5.74) is 0. The van der Waals surface area contributed by atoms with Crippen LogP contribution in [0.1, 0.15) is 213 Å². The first kappa shape index (κ1) is 59.1. The summed E-state index contributed by atoms with van der Waals surface area (Å²) in [5.74, 6) is -1.02. The van der Waals surface area contributed by atoms with Gasteiger partial charge in [0.1, 0.15) is 13.2 Å². The van der Waals surface area contributed by atoms with E-state index < -0.39 is 6.10 Å². The van der Waals surface area contributed by atoms with Crippen LogP contribution in [0, 0.1) is 0 Å². The Labute approximate surface area is 387 Å². The third-order valence-electron chi connectivity index (χ3n) is 10.4. The van der Waals surface area contributed by atoms with E-state index in [-0.39, 0.29) is 37.5 Å². The lowest BCUT2D eigenvalue weighted by Gasteiger charge is -2.18. The van der Waals surface area contributed by atoms with Gasteiger partial charge in [-0.1, -0.05) is 214 Å². The van der Waals surface area contributed by atoms with Crippen molar-refractivity contribution >= 4 is 17.9 Å². The number of ether oxygens (including phenoxy) is 3. The zero-order valence-electron chi connectivity index (χ0n) is 40.5. The molecular weight excluding hydrogens is 781 g/mol. The Balaban J connectivity index is 4.47. The molecule has 0 saturated carbocycles. The lowest BCUT2D eigenvalue weighted by atomic mass is 10.1. The monoisotopic (exact) mass is 873 g/mol. The number of esters is 3. The molecule has 63 heavy (non-hydrogen) atoms. The molecule has 0 amide bonds. The summed E-state index contributed by atoms with van der Waals surface area (Å²) in [4.78, 5) is 37.9. The second-order valence-corrected chi connectivity index (χ2v) is 16.4. The molecule has 0 heterocycles. The molecule has 0 N–H and O–H groups in total. The van der Waals surface area contributed by atoms with Crippen LogP contribution in [0.2, 0.25) is 0 Å². The Morgan fingerprint density at radius 2 is 0.714 bits per heavy atom. The van der Waals surface area contributed by atoms with E-state index >= 15 is 0 Å². The van der Waals surface area contributed by atoms with Crippen molar-refractivity contribution in [1.82, 2.24) is 0 Å². The molecule has 6 heteroatoms. The highest BCUT2D eigenvalue weighted by Gasteiger charge is 2.19. The Morgan fingerprint density at radius 1 is 0.349 bits per heavy atom. The van der Waals surface area contributed by atoms with E-state index in [2.05, 4.69) is 75.5 Å². The summed E-state index contributed by atoms with van der Waals surface area (Å²) in [6, 6.07) is 0. The van der Waals surface area contributed by atoms with Gasteiger partial charge in [-0.05, 0) is 89.9 Å². The number of allylic oxidation sites excluding steroid dienone is 18. The number of hydrogen-bond acceptors (Lipinski definition) is 6. The van der Waals surface area contributed by atoms with Crippen molar-refractivity contribution in [2.24, 2.45) is 0 Å². The number of unbranched alkanes of at least 4 members (excludes halogenated alkanes) is 19.